The number of carbonyl (C=O) groups is 1. The number of nitrogens with one attached hydrogen (secondary N) is 1. The summed E-state index contributed by atoms with van der Waals surface area (Å²) in [5.74, 6) is -0.564. The largest absolute Gasteiger partial charge is 0.394 e. The minimum atomic E-state index is -1.73. The molecule has 2 saturated heterocycles. The van der Waals surface area contributed by atoms with Gasteiger partial charge in [0.2, 0.25) is 5.91 Å². The van der Waals surface area contributed by atoms with Gasteiger partial charge >= 0.3 is 0 Å². The Hall–Kier alpha value is -0.930. The summed E-state index contributed by atoms with van der Waals surface area (Å²) in [5, 5.41) is 70.7. The van der Waals surface area contributed by atoms with Gasteiger partial charge in [0.1, 0.15) is 48.8 Å². The maximum atomic E-state index is 11.2. The Morgan fingerprint density at radius 2 is 1.54 bits per heavy atom. The van der Waals surface area contributed by atoms with E-state index < -0.39 is 80.5 Å². The van der Waals surface area contributed by atoms with Crippen molar-refractivity contribution in [3.8, 4) is 0 Å². The van der Waals surface area contributed by atoms with E-state index in [0.29, 0.717) is 0 Å². The molecule has 8 N–H and O–H groups in total. The minimum Gasteiger partial charge on any atom is -0.394 e. The minimum absolute atomic E-state index is 0.564. The summed E-state index contributed by atoms with van der Waals surface area (Å²) in [6.07, 6.45) is -13.6. The molecule has 0 radical (unpaired) electrons. The Labute approximate surface area is 148 Å². The number of carbonyl (C=O) groups excluding carboxylic acids is 1. The molecular formula is C14H25NO11. The van der Waals surface area contributed by atoms with Gasteiger partial charge in [-0.1, -0.05) is 0 Å². The van der Waals surface area contributed by atoms with E-state index in [2.05, 4.69) is 5.32 Å². The van der Waals surface area contributed by atoms with Gasteiger partial charge in [-0.25, -0.2) is 0 Å². The van der Waals surface area contributed by atoms with Gasteiger partial charge in [0, 0.05) is 6.92 Å². The van der Waals surface area contributed by atoms with Crippen LogP contribution in [0.2, 0.25) is 0 Å². The van der Waals surface area contributed by atoms with Gasteiger partial charge in [0.05, 0.1) is 13.2 Å². The van der Waals surface area contributed by atoms with E-state index in [9.17, 15) is 40.5 Å². The Balaban J connectivity index is 2.16. The van der Waals surface area contributed by atoms with Crippen molar-refractivity contribution in [3.63, 3.8) is 0 Å². The molecule has 0 aromatic heterocycles. The van der Waals surface area contributed by atoms with E-state index in [0.717, 1.165) is 6.92 Å². The molecule has 0 spiro atoms. The fourth-order valence-corrected chi connectivity index (χ4v) is 2.98. The fourth-order valence-electron chi connectivity index (χ4n) is 2.98. The zero-order chi connectivity index (χ0) is 19.6. The number of hydrogen-bond donors (Lipinski definition) is 8. The summed E-state index contributed by atoms with van der Waals surface area (Å²) >= 11 is 0. The van der Waals surface area contributed by atoms with E-state index in [1.165, 1.54) is 0 Å². The molecule has 12 heteroatoms. The second-order valence-corrected chi connectivity index (χ2v) is 6.26. The summed E-state index contributed by atoms with van der Waals surface area (Å²) in [5.41, 5.74) is 0. The Morgan fingerprint density at radius 3 is 2.08 bits per heavy atom. The standard InChI is InChI=1S/C14H25NO11/c1-4(18)15-7-9(20)12(6(3-17)24-13(7)23)26-14-11(22)10(21)8(19)5(2-16)25-14/h5-14,16-17,19-23H,2-3H2,1H3,(H,15,18)/t5-,6-,7-,8-,9-,10+,11-,12-,13?,14-/m1/s1. The summed E-state index contributed by atoms with van der Waals surface area (Å²) < 4.78 is 15.7. The molecule has 0 aromatic rings. The topological polar surface area (TPSA) is 198 Å². The van der Waals surface area contributed by atoms with Crippen molar-refractivity contribution in [1.29, 1.82) is 0 Å². The summed E-state index contributed by atoms with van der Waals surface area (Å²) in [6.45, 7) is -0.195. The van der Waals surface area contributed by atoms with Crippen LogP contribution in [0.5, 0.6) is 0 Å². The second-order valence-electron chi connectivity index (χ2n) is 6.26. The lowest BCUT2D eigenvalue weighted by molar-refractivity contribution is -0.345. The van der Waals surface area contributed by atoms with E-state index in [1.54, 1.807) is 0 Å². The first-order valence-electron chi connectivity index (χ1n) is 8.06. The van der Waals surface area contributed by atoms with Crippen molar-refractivity contribution in [1.82, 2.24) is 5.32 Å². The molecule has 0 saturated carbocycles. The van der Waals surface area contributed by atoms with Gasteiger partial charge in [-0.3, -0.25) is 4.79 Å². The van der Waals surface area contributed by atoms with Crippen LogP contribution in [-0.2, 0) is 19.0 Å². The molecule has 2 fully saturated rings. The summed E-state index contributed by atoms with van der Waals surface area (Å²) in [6, 6.07) is -1.29. The SMILES string of the molecule is CC(=O)N[C@H]1C(O)O[C@H](CO)[C@@H](O[C@H]2O[C@H](CO)[C@@H](O)[C@H](O)[C@H]2O)[C@@H]1O. The molecule has 0 aromatic carbocycles. The van der Waals surface area contributed by atoms with Crippen molar-refractivity contribution in [2.45, 2.75) is 68.3 Å². The predicted molar refractivity (Wildman–Crippen MR) is 80.2 cm³/mol. The van der Waals surface area contributed by atoms with Crippen molar-refractivity contribution < 1.29 is 54.8 Å². The summed E-state index contributed by atoms with van der Waals surface area (Å²) in [4.78, 5) is 11.2. The van der Waals surface area contributed by atoms with Crippen LogP contribution in [0.3, 0.4) is 0 Å². The molecule has 152 valence electrons. The molecule has 10 atom stereocenters. The monoisotopic (exact) mass is 383 g/mol. The van der Waals surface area contributed by atoms with Gasteiger partial charge in [-0.2, -0.15) is 0 Å². The lowest BCUT2D eigenvalue weighted by atomic mass is 9.95. The first-order chi connectivity index (χ1) is 12.2. The van der Waals surface area contributed by atoms with Crippen LogP contribution in [0.25, 0.3) is 0 Å². The third-order valence-corrected chi connectivity index (χ3v) is 4.38. The van der Waals surface area contributed by atoms with Crippen molar-refractivity contribution in [3.05, 3.63) is 0 Å². The molecule has 2 rings (SSSR count). The molecule has 26 heavy (non-hydrogen) atoms. The van der Waals surface area contributed by atoms with Crippen LogP contribution in [0.15, 0.2) is 0 Å². The van der Waals surface area contributed by atoms with E-state index in [-0.39, 0.29) is 0 Å². The van der Waals surface area contributed by atoms with E-state index in [4.69, 9.17) is 14.2 Å². The highest BCUT2D eigenvalue weighted by molar-refractivity contribution is 5.73. The lowest BCUT2D eigenvalue weighted by Gasteiger charge is -2.46. The normalized spacial score (nSPS) is 46.8. The lowest BCUT2D eigenvalue weighted by Crippen LogP contribution is -2.67. The van der Waals surface area contributed by atoms with Gasteiger partial charge in [-0.05, 0) is 0 Å². The van der Waals surface area contributed by atoms with E-state index in [1.807, 2.05) is 0 Å². The van der Waals surface area contributed by atoms with Crippen LogP contribution in [0, 0.1) is 0 Å². The third-order valence-electron chi connectivity index (χ3n) is 4.38. The van der Waals surface area contributed by atoms with Crippen LogP contribution in [-0.4, -0.2) is 116 Å². The highest BCUT2D eigenvalue weighted by atomic mass is 16.7. The number of aliphatic hydroxyl groups is 7. The van der Waals surface area contributed by atoms with Gasteiger partial charge in [-0.15, -0.1) is 0 Å². The number of aliphatic hydroxyl groups excluding tert-OH is 7. The maximum absolute atomic E-state index is 11.2. The summed E-state index contributed by atoms with van der Waals surface area (Å²) in [7, 11) is 0. The number of amides is 1. The van der Waals surface area contributed by atoms with Crippen molar-refractivity contribution in [2.75, 3.05) is 13.2 Å². The van der Waals surface area contributed by atoms with Gasteiger partial charge < -0.3 is 55.3 Å². The van der Waals surface area contributed by atoms with Crippen LogP contribution in [0.1, 0.15) is 6.92 Å². The first kappa shape index (κ1) is 21.4. The van der Waals surface area contributed by atoms with Crippen LogP contribution >= 0.6 is 0 Å². The molecule has 0 bridgehead atoms. The molecule has 0 aliphatic carbocycles. The molecule has 12 nitrogen and oxygen atoms in total. The fraction of sp³-hybridized carbons (Fsp3) is 0.929. The molecule has 2 heterocycles. The number of hydrogen-bond acceptors (Lipinski definition) is 11. The van der Waals surface area contributed by atoms with Crippen molar-refractivity contribution in [2.24, 2.45) is 0 Å². The zero-order valence-electron chi connectivity index (χ0n) is 14.0. The third kappa shape index (κ3) is 4.31. The molecule has 1 unspecified atom stereocenters. The van der Waals surface area contributed by atoms with Crippen LogP contribution < -0.4 is 5.32 Å². The first-order valence-corrected chi connectivity index (χ1v) is 8.06. The van der Waals surface area contributed by atoms with Crippen LogP contribution in [0.4, 0.5) is 0 Å². The second kappa shape index (κ2) is 8.84. The predicted octanol–water partition coefficient (Wildman–Crippen LogP) is -5.25. The smallest absolute Gasteiger partial charge is 0.217 e. The van der Waals surface area contributed by atoms with E-state index >= 15 is 0 Å². The quantitative estimate of drug-likeness (QED) is 0.226. The number of rotatable bonds is 5. The van der Waals surface area contributed by atoms with Gasteiger partial charge in [0.15, 0.2) is 12.6 Å². The highest BCUT2D eigenvalue weighted by Gasteiger charge is 2.50. The average molecular weight is 383 g/mol. The van der Waals surface area contributed by atoms with Gasteiger partial charge in [0.25, 0.3) is 0 Å². The zero-order valence-corrected chi connectivity index (χ0v) is 14.0. The highest BCUT2D eigenvalue weighted by Crippen LogP contribution is 2.28. The molecule has 2 aliphatic rings. The molecular weight excluding hydrogens is 358 g/mol. The Bertz CT molecular complexity index is 478. The molecule has 1 amide bonds. The molecule has 2 aliphatic heterocycles. The maximum Gasteiger partial charge on any atom is 0.217 e. The van der Waals surface area contributed by atoms with Crippen molar-refractivity contribution >= 4 is 5.91 Å². The Kier molecular flexibility index (Phi) is 7.27. The average Bonchev–Trinajstić information content (AvgIpc) is 2.60. The number of ether oxygens (including phenoxy) is 3. The Morgan fingerprint density at radius 1 is 0.923 bits per heavy atom.